The molecule has 220 valence electrons. The van der Waals surface area contributed by atoms with E-state index >= 15 is 0 Å². The number of benzene rings is 2. The van der Waals surface area contributed by atoms with Crippen molar-refractivity contribution < 1.29 is 28.2 Å². The average molecular weight is 574 g/mol. The van der Waals surface area contributed by atoms with Crippen LogP contribution in [0.2, 0.25) is 0 Å². The van der Waals surface area contributed by atoms with Gasteiger partial charge in [0, 0.05) is 52.7 Å². The Bertz CT molecular complexity index is 1500. The standard InChI is InChI=1S/C33H36FN3O5/c1-22-28-20-27(40-21-23-14-17-35-18-15-23)12-13-29(28)41-32(22)31(24-6-4-3-5-7-24)36-26-10-8-25(9-11-26)33(39)37(2)19-16-30(38)42-34/h8-15,17-18,20,24,31,36H,3-7,16,19,21H2,1-2H3. The van der Waals surface area contributed by atoms with E-state index in [2.05, 4.69) is 22.2 Å². The Kier molecular flexibility index (Phi) is 9.36. The third-order valence-electron chi connectivity index (χ3n) is 8.04. The summed E-state index contributed by atoms with van der Waals surface area (Å²) in [7, 11) is 1.57. The summed E-state index contributed by atoms with van der Waals surface area (Å²) in [6.45, 7) is 2.62. The molecule has 1 fully saturated rings. The fourth-order valence-corrected chi connectivity index (χ4v) is 5.62. The van der Waals surface area contributed by atoms with Crippen molar-refractivity contribution in [3.8, 4) is 5.75 Å². The van der Waals surface area contributed by atoms with Crippen LogP contribution in [0.3, 0.4) is 0 Å². The molecule has 1 atom stereocenters. The quantitative estimate of drug-likeness (QED) is 0.201. The van der Waals surface area contributed by atoms with E-state index in [-0.39, 0.29) is 24.9 Å². The van der Waals surface area contributed by atoms with Crippen molar-refractivity contribution in [1.29, 1.82) is 0 Å². The van der Waals surface area contributed by atoms with Gasteiger partial charge in [-0.2, -0.15) is 0 Å². The van der Waals surface area contributed by atoms with Crippen LogP contribution in [0.1, 0.15) is 71.8 Å². The summed E-state index contributed by atoms with van der Waals surface area (Å²) in [6, 6.07) is 17.1. The molecule has 0 saturated heterocycles. The molecule has 2 aromatic heterocycles. The van der Waals surface area contributed by atoms with Gasteiger partial charge < -0.3 is 19.4 Å². The molecule has 2 aromatic carbocycles. The van der Waals surface area contributed by atoms with Crippen LogP contribution in [0, 0.1) is 12.8 Å². The van der Waals surface area contributed by atoms with Gasteiger partial charge in [-0.05, 0) is 85.8 Å². The van der Waals surface area contributed by atoms with Gasteiger partial charge in [-0.1, -0.05) is 19.3 Å². The molecule has 1 unspecified atom stereocenters. The summed E-state index contributed by atoms with van der Waals surface area (Å²) < 4.78 is 24.5. The van der Waals surface area contributed by atoms with Crippen molar-refractivity contribution in [2.45, 2.75) is 58.1 Å². The van der Waals surface area contributed by atoms with Gasteiger partial charge >= 0.3 is 5.97 Å². The van der Waals surface area contributed by atoms with Crippen molar-refractivity contribution in [2.24, 2.45) is 5.92 Å². The van der Waals surface area contributed by atoms with Gasteiger partial charge in [0.25, 0.3) is 5.91 Å². The molecule has 9 heteroatoms. The molecule has 4 aromatic rings. The highest BCUT2D eigenvalue weighted by atomic mass is 19.3. The molecule has 1 amide bonds. The van der Waals surface area contributed by atoms with E-state index in [0.717, 1.165) is 52.1 Å². The lowest BCUT2D eigenvalue weighted by Gasteiger charge is -2.31. The highest BCUT2D eigenvalue weighted by Gasteiger charge is 2.30. The van der Waals surface area contributed by atoms with E-state index in [9.17, 15) is 14.1 Å². The van der Waals surface area contributed by atoms with Crippen molar-refractivity contribution in [3.05, 3.63) is 89.4 Å². The van der Waals surface area contributed by atoms with Crippen molar-refractivity contribution in [3.63, 3.8) is 0 Å². The van der Waals surface area contributed by atoms with E-state index < -0.39 is 5.97 Å². The lowest BCUT2D eigenvalue weighted by atomic mass is 9.82. The molecule has 1 aliphatic rings. The Labute approximate surface area is 244 Å². The normalized spacial score (nSPS) is 14.4. The molecule has 1 aliphatic carbocycles. The second-order valence-corrected chi connectivity index (χ2v) is 10.9. The second kappa shape index (κ2) is 13.5. The number of rotatable bonds is 11. The number of hydrogen-bond acceptors (Lipinski definition) is 7. The van der Waals surface area contributed by atoms with Gasteiger partial charge in [0.2, 0.25) is 0 Å². The first kappa shape index (κ1) is 29.1. The summed E-state index contributed by atoms with van der Waals surface area (Å²) in [5, 5.41) is 4.74. The predicted molar refractivity (Wildman–Crippen MR) is 158 cm³/mol. The molecule has 0 radical (unpaired) electrons. The molecule has 0 bridgehead atoms. The summed E-state index contributed by atoms with van der Waals surface area (Å²) in [5.74, 6) is 0.847. The fourth-order valence-electron chi connectivity index (χ4n) is 5.62. The third-order valence-corrected chi connectivity index (χ3v) is 8.04. The van der Waals surface area contributed by atoms with Gasteiger partial charge in [0.05, 0.1) is 12.5 Å². The Morgan fingerprint density at radius 1 is 1.07 bits per heavy atom. The minimum absolute atomic E-state index is 0.0326. The minimum Gasteiger partial charge on any atom is -0.489 e. The van der Waals surface area contributed by atoms with Crippen LogP contribution in [0.25, 0.3) is 11.0 Å². The molecule has 8 nitrogen and oxygen atoms in total. The van der Waals surface area contributed by atoms with Crippen molar-refractivity contribution in [2.75, 3.05) is 18.9 Å². The maximum absolute atomic E-state index is 12.8. The number of fused-ring (bicyclic) bond motifs is 1. The number of amides is 1. The molecule has 0 spiro atoms. The second-order valence-electron chi connectivity index (χ2n) is 10.9. The third kappa shape index (κ3) is 6.90. The predicted octanol–water partition coefficient (Wildman–Crippen LogP) is 7.34. The summed E-state index contributed by atoms with van der Waals surface area (Å²) in [6.07, 6.45) is 9.13. The smallest absolute Gasteiger partial charge is 0.350 e. The molecular weight excluding hydrogens is 537 g/mol. The Morgan fingerprint density at radius 3 is 2.52 bits per heavy atom. The lowest BCUT2D eigenvalue weighted by Crippen LogP contribution is -2.29. The number of furan rings is 1. The summed E-state index contributed by atoms with van der Waals surface area (Å²) >= 11 is 0. The number of halogens is 1. The number of carbonyl (C=O) groups excluding carboxylic acids is 2. The monoisotopic (exact) mass is 573 g/mol. The zero-order chi connectivity index (χ0) is 29.5. The topological polar surface area (TPSA) is 93.9 Å². The van der Waals surface area contributed by atoms with Crippen LogP contribution in [0.4, 0.5) is 10.2 Å². The number of carbonyl (C=O) groups is 2. The number of ether oxygens (including phenoxy) is 1. The maximum Gasteiger partial charge on any atom is 0.350 e. The van der Waals surface area contributed by atoms with Gasteiger partial charge in [-0.3, -0.25) is 14.7 Å². The zero-order valence-electron chi connectivity index (χ0n) is 24.0. The Hall–Kier alpha value is -4.40. The fraction of sp³-hybridized carbons (Fsp3) is 0.364. The molecule has 1 saturated carbocycles. The van der Waals surface area contributed by atoms with Crippen molar-refractivity contribution in [1.82, 2.24) is 9.88 Å². The van der Waals surface area contributed by atoms with E-state index in [1.165, 1.54) is 24.2 Å². The van der Waals surface area contributed by atoms with Crippen LogP contribution in [-0.4, -0.2) is 35.4 Å². The van der Waals surface area contributed by atoms with E-state index in [1.807, 2.05) is 42.5 Å². The number of aromatic nitrogens is 1. The summed E-state index contributed by atoms with van der Waals surface area (Å²) in [5.41, 5.74) is 4.32. The number of nitrogens with zero attached hydrogens (tertiary/aromatic N) is 2. The van der Waals surface area contributed by atoms with Crippen LogP contribution in [0.5, 0.6) is 5.75 Å². The Balaban J connectivity index is 1.34. The van der Waals surface area contributed by atoms with E-state index in [1.54, 1.807) is 31.6 Å². The van der Waals surface area contributed by atoms with Crippen LogP contribution >= 0.6 is 0 Å². The minimum atomic E-state index is -1.00. The largest absolute Gasteiger partial charge is 0.489 e. The number of anilines is 1. The number of hydrogen-bond donors (Lipinski definition) is 1. The van der Waals surface area contributed by atoms with Gasteiger partial charge in [0.15, 0.2) is 0 Å². The maximum atomic E-state index is 12.8. The van der Waals surface area contributed by atoms with Crippen molar-refractivity contribution >= 4 is 28.5 Å². The van der Waals surface area contributed by atoms with Crippen LogP contribution < -0.4 is 10.1 Å². The molecule has 0 aliphatic heterocycles. The van der Waals surface area contributed by atoms with Crippen LogP contribution in [0.15, 0.2) is 71.4 Å². The summed E-state index contributed by atoms with van der Waals surface area (Å²) in [4.78, 5) is 32.5. The molecule has 2 heterocycles. The van der Waals surface area contributed by atoms with Crippen LogP contribution in [-0.2, 0) is 16.3 Å². The molecule has 5 rings (SSSR count). The molecular formula is C33H36FN3O5. The first-order valence-corrected chi connectivity index (χ1v) is 14.4. The van der Waals surface area contributed by atoms with Gasteiger partial charge in [-0.25, -0.2) is 4.79 Å². The molecule has 1 N–H and O–H groups in total. The van der Waals surface area contributed by atoms with Gasteiger partial charge in [-0.15, -0.1) is 0 Å². The van der Waals surface area contributed by atoms with E-state index in [0.29, 0.717) is 18.1 Å². The number of aryl methyl sites for hydroxylation is 1. The zero-order valence-corrected chi connectivity index (χ0v) is 24.0. The van der Waals surface area contributed by atoms with Gasteiger partial charge in [0.1, 0.15) is 23.7 Å². The van der Waals surface area contributed by atoms with E-state index in [4.69, 9.17) is 9.15 Å². The highest BCUT2D eigenvalue weighted by molar-refractivity contribution is 5.94. The first-order chi connectivity index (χ1) is 20.4. The SMILES string of the molecule is Cc1c(C(Nc2ccc(C(=O)N(C)CCC(=O)OF)cc2)C2CCCCC2)oc2ccc(OCc3ccncc3)cc12. The number of nitrogens with one attached hydrogen (secondary N) is 1. The number of pyridine rings is 1. The molecule has 42 heavy (non-hydrogen) atoms. The first-order valence-electron chi connectivity index (χ1n) is 14.4. The highest BCUT2D eigenvalue weighted by Crippen LogP contribution is 2.41. The Morgan fingerprint density at radius 2 is 1.81 bits per heavy atom. The lowest BCUT2D eigenvalue weighted by molar-refractivity contribution is -0.183. The average Bonchev–Trinajstić information content (AvgIpc) is 3.37.